The van der Waals surface area contributed by atoms with Crippen LogP contribution in [0.2, 0.25) is 0 Å². The van der Waals surface area contributed by atoms with Gasteiger partial charge < -0.3 is 11.1 Å². The Morgan fingerprint density at radius 1 is 1.00 bits per heavy atom. The first-order valence-corrected chi connectivity index (χ1v) is 8.37. The first-order valence-electron chi connectivity index (χ1n) is 7.55. The lowest BCUT2D eigenvalue weighted by atomic mass is 10.1. The topological polar surface area (TPSA) is 72.2 Å². The third kappa shape index (κ3) is 3.75. The van der Waals surface area contributed by atoms with E-state index in [1.807, 2.05) is 30.3 Å². The maximum absolute atomic E-state index is 14.4. The van der Waals surface area contributed by atoms with Crippen molar-refractivity contribution in [1.29, 1.82) is 0 Å². The fourth-order valence-corrected chi connectivity index (χ4v) is 3.43. The molecule has 0 spiro atoms. The number of halogens is 1. The van der Waals surface area contributed by atoms with E-state index >= 15 is 0 Å². The monoisotopic (exact) mass is 354 g/mol. The zero-order valence-electron chi connectivity index (χ0n) is 13.1. The molecule has 0 saturated heterocycles. The molecule has 3 N–H and O–H groups in total. The molecule has 3 rings (SSSR count). The average molecular weight is 354 g/mol. The molecule has 0 radical (unpaired) electrons. The molecule has 0 aliphatic rings. The van der Waals surface area contributed by atoms with Crippen molar-refractivity contribution in [2.45, 2.75) is 6.17 Å². The molecule has 0 bridgehead atoms. The number of carbonyl (C=O) groups excluding carboxylic acids is 2. The molecule has 2 amide bonds. The summed E-state index contributed by atoms with van der Waals surface area (Å²) >= 11 is 1.18. The van der Waals surface area contributed by atoms with E-state index in [9.17, 15) is 14.0 Å². The largest absolute Gasteiger partial charge is 0.366 e. The van der Waals surface area contributed by atoms with Crippen LogP contribution in [0.15, 0.2) is 66.7 Å². The first-order chi connectivity index (χ1) is 12.1. The quantitative estimate of drug-likeness (QED) is 0.722. The van der Waals surface area contributed by atoms with Gasteiger partial charge in [-0.2, -0.15) is 0 Å². The summed E-state index contributed by atoms with van der Waals surface area (Å²) in [6.07, 6.45) is -1.83. The van der Waals surface area contributed by atoms with Gasteiger partial charge in [0.1, 0.15) is 5.00 Å². The van der Waals surface area contributed by atoms with Crippen LogP contribution in [0.1, 0.15) is 22.1 Å². The molecule has 25 heavy (non-hydrogen) atoms. The smallest absolute Gasteiger partial charge is 0.264 e. The Balaban J connectivity index is 1.88. The van der Waals surface area contributed by atoms with Gasteiger partial charge in [-0.1, -0.05) is 60.7 Å². The molecule has 126 valence electrons. The molecule has 0 aliphatic heterocycles. The van der Waals surface area contributed by atoms with Gasteiger partial charge in [-0.15, -0.1) is 11.3 Å². The molecule has 0 aliphatic carbocycles. The summed E-state index contributed by atoms with van der Waals surface area (Å²) in [5, 5.41) is 2.73. The van der Waals surface area contributed by atoms with Gasteiger partial charge in [0, 0.05) is 4.88 Å². The Morgan fingerprint density at radius 2 is 1.60 bits per heavy atom. The Hall–Kier alpha value is -2.99. The molecule has 2 aromatic carbocycles. The number of nitrogens with two attached hydrogens (primary N) is 1. The summed E-state index contributed by atoms with van der Waals surface area (Å²) in [5.74, 6) is -1.51. The van der Waals surface area contributed by atoms with Gasteiger partial charge in [0.05, 0.1) is 5.56 Å². The number of primary amides is 1. The van der Waals surface area contributed by atoms with Crippen LogP contribution < -0.4 is 11.1 Å². The molecule has 0 fully saturated rings. The van der Waals surface area contributed by atoms with Crippen LogP contribution in [0, 0.1) is 0 Å². The third-order valence-electron chi connectivity index (χ3n) is 3.61. The van der Waals surface area contributed by atoms with Crippen molar-refractivity contribution in [3.05, 3.63) is 77.9 Å². The Labute approximate surface area is 148 Å². The van der Waals surface area contributed by atoms with Crippen molar-refractivity contribution in [3.8, 4) is 10.4 Å². The van der Waals surface area contributed by atoms with E-state index in [4.69, 9.17) is 5.73 Å². The van der Waals surface area contributed by atoms with E-state index in [0.29, 0.717) is 0 Å². The number of benzene rings is 2. The number of anilines is 1. The van der Waals surface area contributed by atoms with Crippen molar-refractivity contribution in [1.82, 2.24) is 0 Å². The number of thiophene rings is 1. The summed E-state index contributed by atoms with van der Waals surface area (Å²) in [6, 6.07) is 19.1. The maximum atomic E-state index is 14.4. The average Bonchev–Trinajstić information content (AvgIpc) is 3.06. The number of hydrogen-bond acceptors (Lipinski definition) is 3. The second-order valence-corrected chi connectivity index (χ2v) is 6.40. The molecule has 1 heterocycles. The van der Waals surface area contributed by atoms with E-state index in [2.05, 4.69) is 5.32 Å². The maximum Gasteiger partial charge on any atom is 0.264 e. The van der Waals surface area contributed by atoms with Gasteiger partial charge >= 0.3 is 0 Å². The van der Waals surface area contributed by atoms with Crippen molar-refractivity contribution < 1.29 is 14.0 Å². The lowest BCUT2D eigenvalue weighted by molar-refractivity contribution is -0.121. The van der Waals surface area contributed by atoms with Crippen molar-refractivity contribution in [2.75, 3.05) is 5.32 Å². The molecule has 1 aromatic heterocycles. The number of nitrogens with one attached hydrogen (secondary N) is 1. The second kappa shape index (κ2) is 7.27. The molecular weight excluding hydrogens is 339 g/mol. The van der Waals surface area contributed by atoms with Gasteiger partial charge in [-0.25, -0.2) is 4.39 Å². The fourth-order valence-electron chi connectivity index (χ4n) is 2.36. The molecule has 1 unspecified atom stereocenters. The van der Waals surface area contributed by atoms with Gasteiger partial charge in [0.25, 0.3) is 11.8 Å². The van der Waals surface area contributed by atoms with E-state index < -0.39 is 18.0 Å². The highest BCUT2D eigenvalue weighted by Gasteiger charge is 2.23. The number of amides is 2. The lowest BCUT2D eigenvalue weighted by Crippen LogP contribution is -2.20. The number of carbonyl (C=O) groups is 2. The highest BCUT2D eigenvalue weighted by atomic mass is 32.1. The standard InChI is InChI=1S/C19H15FN2O2S/c20-16(13-9-5-2-6-10-13)18(24)22-19-14(17(21)23)11-15(25-19)12-7-3-1-4-8-12/h1-11,16H,(H2,21,23)(H,22,24). The Kier molecular flexibility index (Phi) is 4.90. The summed E-state index contributed by atoms with van der Waals surface area (Å²) in [5.41, 5.74) is 6.69. The molecular formula is C19H15FN2O2S. The van der Waals surface area contributed by atoms with E-state index in [-0.39, 0.29) is 16.1 Å². The molecule has 3 aromatic rings. The van der Waals surface area contributed by atoms with E-state index in [1.165, 1.54) is 23.5 Å². The van der Waals surface area contributed by atoms with Gasteiger partial charge in [0.15, 0.2) is 0 Å². The van der Waals surface area contributed by atoms with Crippen LogP contribution >= 0.6 is 11.3 Å². The number of alkyl halides is 1. The molecule has 6 heteroatoms. The number of hydrogen-bond donors (Lipinski definition) is 2. The highest BCUT2D eigenvalue weighted by Crippen LogP contribution is 2.36. The van der Waals surface area contributed by atoms with Gasteiger partial charge in [-0.05, 0) is 17.2 Å². The van der Waals surface area contributed by atoms with Crippen LogP contribution in [-0.2, 0) is 4.79 Å². The summed E-state index contributed by atoms with van der Waals surface area (Å²) < 4.78 is 14.4. The second-order valence-electron chi connectivity index (χ2n) is 5.35. The van der Waals surface area contributed by atoms with Crippen LogP contribution in [0.5, 0.6) is 0 Å². The van der Waals surface area contributed by atoms with Gasteiger partial charge in [-0.3, -0.25) is 9.59 Å². The fraction of sp³-hybridized carbons (Fsp3) is 0.0526. The first kappa shape index (κ1) is 16.9. The van der Waals surface area contributed by atoms with Gasteiger partial charge in [0.2, 0.25) is 6.17 Å². The zero-order valence-corrected chi connectivity index (χ0v) is 13.9. The SMILES string of the molecule is NC(=O)c1cc(-c2ccccc2)sc1NC(=O)C(F)c1ccccc1. The Morgan fingerprint density at radius 3 is 2.20 bits per heavy atom. The normalized spacial score (nSPS) is 11.7. The summed E-state index contributed by atoms with van der Waals surface area (Å²) in [7, 11) is 0. The predicted molar refractivity (Wildman–Crippen MR) is 97.2 cm³/mol. The van der Waals surface area contributed by atoms with Crippen LogP contribution in [0.25, 0.3) is 10.4 Å². The minimum Gasteiger partial charge on any atom is -0.366 e. The minimum atomic E-state index is -1.83. The molecule has 0 saturated carbocycles. The highest BCUT2D eigenvalue weighted by molar-refractivity contribution is 7.20. The van der Waals surface area contributed by atoms with E-state index in [1.54, 1.807) is 24.3 Å². The summed E-state index contributed by atoms with van der Waals surface area (Å²) in [6.45, 7) is 0. The Bertz CT molecular complexity index is 894. The van der Waals surface area contributed by atoms with Crippen LogP contribution in [-0.4, -0.2) is 11.8 Å². The van der Waals surface area contributed by atoms with Crippen LogP contribution in [0.4, 0.5) is 9.39 Å². The minimum absolute atomic E-state index is 0.164. The number of rotatable bonds is 5. The van der Waals surface area contributed by atoms with E-state index in [0.717, 1.165) is 10.4 Å². The lowest BCUT2D eigenvalue weighted by Gasteiger charge is -2.09. The molecule has 1 atom stereocenters. The van der Waals surface area contributed by atoms with Crippen molar-refractivity contribution in [3.63, 3.8) is 0 Å². The van der Waals surface area contributed by atoms with Crippen molar-refractivity contribution >= 4 is 28.2 Å². The predicted octanol–water partition coefficient (Wildman–Crippen LogP) is 4.16. The third-order valence-corrected chi connectivity index (χ3v) is 4.71. The van der Waals surface area contributed by atoms with Crippen molar-refractivity contribution in [2.24, 2.45) is 5.73 Å². The summed E-state index contributed by atoms with van der Waals surface area (Å²) in [4.78, 5) is 24.6. The van der Waals surface area contributed by atoms with Crippen LogP contribution in [0.3, 0.4) is 0 Å². The zero-order chi connectivity index (χ0) is 17.8. The molecule has 4 nitrogen and oxygen atoms in total.